The molecule has 3 heteroatoms. The molecule has 0 amide bonds. The largest absolute Gasteiger partial charge is 0.252 e. The molecular weight excluding hydrogens is 333 g/mol. The molecule has 84 valence electrons. The Morgan fingerprint density at radius 3 is 2.94 bits per heavy atom. The first-order chi connectivity index (χ1) is 7.83. The van der Waals surface area contributed by atoms with Crippen molar-refractivity contribution in [2.45, 2.75) is 32.1 Å². The van der Waals surface area contributed by atoms with Gasteiger partial charge in [-0.3, -0.25) is 4.99 Å². The molecule has 0 aromatic heterocycles. The number of hydrogen-bond acceptors (Lipinski definition) is 1. The first kappa shape index (κ1) is 10.9. The minimum Gasteiger partial charge on any atom is -0.252 e. The molecular formula is C13H13ClIN. The second kappa shape index (κ2) is 4.57. The second-order valence-corrected chi connectivity index (χ2v) is 7.65. The van der Waals surface area contributed by atoms with Crippen LogP contribution in [0.3, 0.4) is 0 Å². The van der Waals surface area contributed by atoms with E-state index >= 15 is 0 Å². The predicted octanol–water partition coefficient (Wildman–Crippen LogP) is 4.70. The molecule has 0 atom stereocenters. The van der Waals surface area contributed by atoms with E-state index < -0.39 is 0 Å². The van der Waals surface area contributed by atoms with Gasteiger partial charge >= 0.3 is 0 Å². The lowest BCUT2D eigenvalue weighted by Crippen LogP contribution is -2.12. The summed E-state index contributed by atoms with van der Waals surface area (Å²) in [6.45, 7) is 0. The van der Waals surface area contributed by atoms with Crippen molar-refractivity contribution < 1.29 is 0 Å². The van der Waals surface area contributed by atoms with Gasteiger partial charge in [-0.1, -0.05) is 38.8 Å². The summed E-state index contributed by atoms with van der Waals surface area (Å²) in [5.74, 6) is 0. The van der Waals surface area contributed by atoms with Crippen LogP contribution in [0.15, 0.2) is 23.2 Å². The van der Waals surface area contributed by atoms with Gasteiger partial charge in [0.15, 0.2) is 0 Å². The lowest BCUT2D eigenvalue weighted by Gasteiger charge is -2.14. The standard InChI is InChI=1S/C13H13ClIN/c14-9-6-7-13-11(8-9)15-10-4-2-1-3-5-12(10)16-13/h6-8H,1-5H2. The van der Waals surface area contributed by atoms with Crippen molar-refractivity contribution in [3.63, 3.8) is 0 Å². The van der Waals surface area contributed by atoms with Crippen molar-refractivity contribution in [2.75, 3.05) is 0 Å². The first-order valence-corrected chi connectivity index (χ1v) is 8.24. The summed E-state index contributed by atoms with van der Waals surface area (Å²) in [6, 6.07) is 6.14. The molecule has 0 N–H and O–H groups in total. The van der Waals surface area contributed by atoms with Gasteiger partial charge in [0.25, 0.3) is 0 Å². The Kier molecular flexibility index (Phi) is 3.11. The van der Waals surface area contributed by atoms with Gasteiger partial charge in [0.1, 0.15) is 0 Å². The molecule has 16 heavy (non-hydrogen) atoms. The Bertz CT molecular complexity index is 491. The number of fused-ring (bicyclic) bond motifs is 2. The molecule has 3 rings (SSSR count). The Morgan fingerprint density at radius 2 is 2.00 bits per heavy atom. The van der Waals surface area contributed by atoms with Crippen LogP contribution in [0.5, 0.6) is 0 Å². The van der Waals surface area contributed by atoms with E-state index in [9.17, 15) is 0 Å². The van der Waals surface area contributed by atoms with Crippen molar-refractivity contribution in [1.29, 1.82) is 0 Å². The van der Waals surface area contributed by atoms with E-state index in [1.165, 1.54) is 47.1 Å². The molecule has 1 aliphatic heterocycles. The lowest BCUT2D eigenvalue weighted by atomic mass is 10.2. The SMILES string of the molecule is Clc1ccc2c(c1)I=C1CCCCCC1=N2. The van der Waals surface area contributed by atoms with Crippen LogP contribution in [-0.4, -0.2) is 9.22 Å². The quantitative estimate of drug-likeness (QED) is 0.604. The average molecular weight is 346 g/mol. The third-order valence-electron chi connectivity index (χ3n) is 3.00. The summed E-state index contributed by atoms with van der Waals surface area (Å²) in [4.78, 5) is 4.82. The Labute approximate surface area is 111 Å². The molecule has 0 radical (unpaired) electrons. The van der Waals surface area contributed by atoms with E-state index in [0.717, 1.165) is 5.02 Å². The van der Waals surface area contributed by atoms with Crippen molar-refractivity contribution >= 4 is 47.2 Å². The highest BCUT2D eigenvalue weighted by atomic mass is 127. The minimum absolute atomic E-state index is 0.000757. The monoisotopic (exact) mass is 345 g/mol. The van der Waals surface area contributed by atoms with Crippen LogP contribution in [0.25, 0.3) is 0 Å². The molecule has 0 bridgehead atoms. The van der Waals surface area contributed by atoms with Crippen LogP contribution < -0.4 is 0 Å². The average Bonchev–Trinajstić information content (AvgIpc) is 2.50. The summed E-state index contributed by atoms with van der Waals surface area (Å²) in [5.41, 5.74) is 2.58. The van der Waals surface area contributed by atoms with Crippen LogP contribution in [0.4, 0.5) is 5.69 Å². The van der Waals surface area contributed by atoms with Crippen LogP contribution >= 0.6 is 32.3 Å². The highest BCUT2D eigenvalue weighted by molar-refractivity contribution is 14.2. The second-order valence-electron chi connectivity index (χ2n) is 4.21. The molecule has 1 heterocycles. The van der Waals surface area contributed by atoms with Crippen molar-refractivity contribution in [2.24, 2.45) is 4.99 Å². The van der Waals surface area contributed by atoms with Gasteiger partial charge in [0.05, 0.1) is 5.69 Å². The third-order valence-corrected chi connectivity index (χ3v) is 6.50. The van der Waals surface area contributed by atoms with E-state index in [4.69, 9.17) is 16.6 Å². The van der Waals surface area contributed by atoms with Gasteiger partial charge in [0.2, 0.25) is 0 Å². The fourth-order valence-corrected chi connectivity index (χ4v) is 5.64. The number of aliphatic imine (C=N–C) groups is 1. The highest BCUT2D eigenvalue weighted by Gasteiger charge is 2.17. The van der Waals surface area contributed by atoms with Crippen LogP contribution in [0, 0.1) is 3.57 Å². The van der Waals surface area contributed by atoms with Gasteiger partial charge in [-0.2, -0.15) is 0 Å². The maximum absolute atomic E-state index is 6.04. The topological polar surface area (TPSA) is 12.4 Å². The zero-order valence-corrected chi connectivity index (χ0v) is 11.9. The van der Waals surface area contributed by atoms with E-state index in [1.54, 1.807) is 3.51 Å². The number of rotatable bonds is 0. The first-order valence-electron chi connectivity index (χ1n) is 5.71. The Hall–Kier alpha value is -0.220. The zero-order chi connectivity index (χ0) is 11.0. The number of nitrogens with zero attached hydrogens (tertiary/aromatic N) is 1. The van der Waals surface area contributed by atoms with Crippen molar-refractivity contribution in [3.8, 4) is 0 Å². The van der Waals surface area contributed by atoms with Gasteiger partial charge < -0.3 is 0 Å². The molecule has 2 aliphatic rings. The molecule has 1 aromatic rings. The maximum Gasteiger partial charge on any atom is 0.0763 e. The van der Waals surface area contributed by atoms with E-state index in [2.05, 4.69) is 12.1 Å². The molecule has 0 spiro atoms. The summed E-state index contributed by atoms with van der Waals surface area (Å²) in [6.07, 6.45) is 6.50. The highest BCUT2D eigenvalue weighted by Crippen LogP contribution is 2.35. The van der Waals surface area contributed by atoms with Crippen molar-refractivity contribution in [3.05, 3.63) is 26.8 Å². The van der Waals surface area contributed by atoms with Crippen LogP contribution in [0.1, 0.15) is 32.1 Å². The summed E-state index contributed by atoms with van der Waals surface area (Å²) in [5, 5.41) is 0.853. The molecule has 1 aliphatic carbocycles. The van der Waals surface area contributed by atoms with Gasteiger partial charge in [-0.05, 0) is 43.9 Å². The molecule has 1 saturated carbocycles. The van der Waals surface area contributed by atoms with Gasteiger partial charge in [0, 0.05) is 17.8 Å². The Morgan fingerprint density at radius 1 is 1.12 bits per heavy atom. The summed E-state index contributed by atoms with van der Waals surface area (Å²) < 4.78 is 3.07. The molecule has 0 unspecified atom stereocenters. The predicted molar refractivity (Wildman–Crippen MR) is 79.4 cm³/mol. The number of hydrogen-bond donors (Lipinski definition) is 0. The fraction of sp³-hybridized carbons (Fsp3) is 0.385. The molecule has 1 nitrogen and oxygen atoms in total. The van der Waals surface area contributed by atoms with E-state index in [1.807, 2.05) is 6.07 Å². The maximum atomic E-state index is 6.04. The number of benzene rings is 1. The lowest BCUT2D eigenvalue weighted by molar-refractivity contribution is 0.736. The Balaban J connectivity index is 2.09. The third kappa shape index (κ3) is 2.09. The van der Waals surface area contributed by atoms with E-state index in [0.29, 0.717) is 0 Å². The molecule has 0 saturated heterocycles. The van der Waals surface area contributed by atoms with Crippen molar-refractivity contribution in [1.82, 2.24) is 0 Å². The molecule has 1 aromatic carbocycles. The summed E-state index contributed by atoms with van der Waals surface area (Å²) in [7, 11) is 0. The molecule has 1 fully saturated rings. The van der Waals surface area contributed by atoms with Crippen LogP contribution in [0.2, 0.25) is 5.02 Å². The zero-order valence-electron chi connectivity index (χ0n) is 8.97. The van der Waals surface area contributed by atoms with Gasteiger partial charge in [-0.15, -0.1) is 0 Å². The normalized spacial score (nSPS) is 19.6. The minimum atomic E-state index is 0.000757. The summed E-state index contributed by atoms with van der Waals surface area (Å²) >= 11 is 6.04. The smallest absolute Gasteiger partial charge is 0.0763 e. The van der Waals surface area contributed by atoms with Gasteiger partial charge in [-0.25, -0.2) is 0 Å². The number of halogens is 2. The van der Waals surface area contributed by atoms with Crippen LogP contribution in [-0.2, 0) is 0 Å². The fourth-order valence-electron chi connectivity index (χ4n) is 2.16. The van der Waals surface area contributed by atoms with E-state index in [-0.39, 0.29) is 20.7 Å².